The lowest BCUT2D eigenvalue weighted by Gasteiger charge is -2.08. The van der Waals surface area contributed by atoms with Gasteiger partial charge in [0.1, 0.15) is 5.82 Å². The van der Waals surface area contributed by atoms with Gasteiger partial charge >= 0.3 is 0 Å². The number of amides is 1. The van der Waals surface area contributed by atoms with Crippen LogP contribution < -0.4 is 5.32 Å². The third-order valence-electron chi connectivity index (χ3n) is 2.56. The highest BCUT2D eigenvalue weighted by Gasteiger charge is 2.11. The Morgan fingerprint density at radius 2 is 2.24 bits per heavy atom. The molecule has 1 amide bonds. The molecule has 0 aliphatic rings. The molecule has 0 aliphatic heterocycles. The fraction of sp³-hybridized carbons (Fsp3) is 0.462. The number of carbonyl (C=O) groups is 1. The summed E-state index contributed by atoms with van der Waals surface area (Å²) in [6.45, 7) is 4.23. The number of hydrogen-bond donors (Lipinski definition) is 1. The summed E-state index contributed by atoms with van der Waals surface area (Å²) >= 11 is 5.92. The van der Waals surface area contributed by atoms with Crippen molar-refractivity contribution in [1.29, 1.82) is 0 Å². The number of carbonyl (C=O) groups excluding carboxylic acids is 1. The van der Waals surface area contributed by atoms with Crippen molar-refractivity contribution in [2.24, 2.45) is 0 Å². The van der Waals surface area contributed by atoms with E-state index in [0.29, 0.717) is 13.0 Å². The number of nitrogens with one attached hydrogen (secondary N) is 1. The molecular formula is C13H17ClFNO. The van der Waals surface area contributed by atoms with E-state index in [1.165, 1.54) is 12.1 Å². The molecule has 0 bridgehead atoms. The van der Waals surface area contributed by atoms with Gasteiger partial charge in [0.25, 0.3) is 5.91 Å². The van der Waals surface area contributed by atoms with Gasteiger partial charge in [-0.1, -0.05) is 13.0 Å². The zero-order valence-electron chi connectivity index (χ0n) is 10.1. The predicted molar refractivity (Wildman–Crippen MR) is 68.0 cm³/mol. The minimum atomic E-state index is -0.486. The Hall–Kier alpha value is -1.09. The predicted octanol–water partition coefficient (Wildman–Crippen LogP) is 3.27. The van der Waals surface area contributed by atoms with Crippen molar-refractivity contribution >= 4 is 17.5 Å². The standard InChI is InChI=1S/C13H17ClFNO/c1-3-10(14)6-7-16-13(17)11-5-4-9(2)8-12(11)15/h4-5,8,10H,3,6-7H2,1-2H3,(H,16,17). The molecule has 1 aromatic rings. The molecule has 94 valence electrons. The van der Waals surface area contributed by atoms with Crippen LogP contribution in [0.2, 0.25) is 0 Å². The summed E-state index contributed by atoms with van der Waals surface area (Å²) < 4.78 is 13.5. The topological polar surface area (TPSA) is 29.1 Å². The first kappa shape index (κ1) is 14.0. The Kier molecular flexibility index (Phi) is 5.42. The monoisotopic (exact) mass is 257 g/mol. The van der Waals surface area contributed by atoms with Crippen LogP contribution in [0.1, 0.15) is 35.7 Å². The fourth-order valence-corrected chi connectivity index (χ4v) is 1.56. The van der Waals surface area contributed by atoms with E-state index in [4.69, 9.17) is 11.6 Å². The molecule has 0 fully saturated rings. The molecule has 17 heavy (non-hydrogen) atoms. The first-order chi connectivity index (χ1) is 8.04. The molecule has 1 atom stereocenters. The van der Waals surface area contributed by atoms with Crippen LogP contribution in [0.4, 0.5) is 4.39 Å². The highest BCUT2D eigenvalue weighted by Crippen LogP contribution is 2.10. The average molecular weight is 258 g/mol. The van der Waals surface area contributed by atoms with Gasteiger partial charge < -0.3 is 5.32 Å². The number of aryl methyl sites for hydroxylation is 1. The Bertz CT molecular complexity index is 395. The zero-order valence-corrected chi connectivity index (χ0v) is 10.9. The quantitative estimate of drug-likeness (QED) is 0.806. The summed E-state index contributed by atoms with van der Waals surface area (Å²) in [4.78, 5) is 11.7. The third kappa shape index (κ3) is 4.35. The van der Waals surface area contributed by atoms with E-state index in [1.54, 1.807) is 13.0 Å². The first-order valence-corrected chi connectivity index (χ1v) is 6.16. The van der Waals surface area contributed by atoms with Crippen LogP contribution in [0.5, 0.6) is 0 Å². The number of hydrogen-bond acceptors (Lipinski definition) is 1. The molecule has 0 saturated carbocycles. The molecule has 1 N–H and O–H groups in total. The Balaban J connectivity index is 2.52. The van der Waals surface area contributed by atoms with Crippen LogP contribution >= 0.6 is 11.6 Å². The lowest BCUT2D eigenvalue weighted by Crippen LogP contribution is -2.26. The first-order valence-electron chi connectivity index (χ1n) is 5.73. The van der Waals surface area contributed by atoms with Crippen LogP contribution in [-0.2, 0) is 0 Å². The van der Waals surface area contributed by atoms with Crippen molar-refractivity contribution in [1.82, 2.24) is 5.32 Å². The minimum absolute atomic E-state index is 0.0539. The van der Waals surface area contributed by atoms with Gasteiger partial charge in [-0.05, 0) is 37.5 Å². The largest absolute Gasteiger partial charge is 0.352 e. The summed E-state index contributed by atoms with van der Waals surface area (Å²) in [5, 5.41) is 2.71. The van der Waals surface area contributed by atoms with Gasteiger partial charge in [-0.2, -0.15) is 0 Å². The van der Waals surface area contributed by atoms with E-state index < -0.39 is 5.82 Å². The molecule has 0 aliphatic carbocycles. The van der Waals surface area contributed by atoms with Gasteiger partial charge in [-0.3, -0.25) is 4.79 Å². The van der Waals surface area contributed by atoms with Crippen molar-refractivity contribution in [2.45, 2.75) is 32.1 Å². The normalized spacial score (nSPS) is 12.2. The van der Waals surface area contributed by atoms with Crippen molar-refractivity contribution in [3.8, 4) is 0 Å². The third-order valence-corrected chi connectivity index (χ3v) is 3.08. The van der Waals surface area contributed by atoms with Crippen LogP contribution in [-0.4, -0.2) is 17.8 Å². The van der Waals surface area contributed by atoms with Gasteiger partial charge in [0.05, 0.1) is 5.56 Å². The van der Waals surface area contributed by atoms with Gasteiger partial charge in [0, 0.05) is 11.9 Å². The van der Waals surface area contributed by atoms with Crippen molar-refractivity contribution in [2.75, 3.05) is 6.54 Å². The van der Waals surface area contributed by atoms with Crippen molar-refractivity contribution in [3.63, 3.8) is 0 Å². The Morgan fingerprint density at radius 1 is 1.53 bits per heavy atom. The highest BCUT2D eigenvalue weighted by atomic mass is 35.5. The smallest absolute Gasteiger partial charge is 0.254 e. The maximum Gasteiger partial charge on any atom is 0.254 e. The average Bonchev–Trinajstić information content (AvgIpc) is 2.28. The minimum Gasteiger partial charge on any atom is -0.352 e. The van der Waals surface area contributed by atoms with E-state index in [0.717, 1.165) is 12.0 Å². The molecule has 0 heterocycles. The molecule has 0 spiro atoms. The summed E-state index contributed by atoms with van der Waals surface area (Å²) in [7, 11) is 0. The molecule has 2 nitrogen and oxygen atoms in total. The second-order valence-corrected chi connectivity index (χ2v) is 4.65. The summed E-state index contributed by atoms with van der Waals surface area (Å²) in [5.74, 6) is -0.872. The lowest BCUT2D eigenvalue weighted by molar-refractivity contribution is 0.0949. The highest BCUT2D eigenvalue weighted by molar-refractivity contribution is 6.20. The van der Waals surface area contributed by atoms with Gasteiger partial charge in [0.15, 0.2) is 0 Å². The molecule has 1 unspecified atom stereocenters. The van der Waals surface area contributed by atoms with Gasteiger partial charge in [0.2, 0.25) is 0 Å². The molecule has 1 rings (SSSR count). The van der Waals surface area contributed by atoms with Crippen molar-refractivity contribution in [3.05, 3.63) is 35.1 Å². The Morgan fingerprint density at radius 3 is 2.82 bits per heavy atom. The van der Waals surface area contributed by atoms with E-state index >= 15 is 0 Å². The number of rotatable bonds is 5. The molecule has 4 heteroatoms. The summed E-state index contributed by atoms with van der Waals surface area (Å²) in [5.41, 5.74) is 0.879. The van der Waals surface area contributed by atoms with Gasteiger partial charge in [-0.25, -0.2) is 4.39 Å². The van der Waals surface area contributed by atoms with Crippen LogP contribution in [0.15, 0.2) is 18.2 Å². The van der Waals surface area contributed by atoms with Crippen molar-refractivity contribution < 1.29 is 9.18 Å². The molecule has 1 aromatic carbocycles. The summed E-state index contributed by atoms with van der Waals surface area (Å²) in [6.07, 6.45) is 1.55. The lowest BCUT2D eigenvalue weighted by atomic mass is 10.1. The maximum atomic E-state index is 13.5. The maximum absolute atomic E-state index is 13.5. The van der Waals surface area contributed by atoms with E-state index in [9.17, 15) is 9.18 Å². The SMILES string of the molecule is CCC(Cl)CCNC(=O)c1ccc(C)cc1F. The second kappa shape index (κ2) is 6.60. The van der Waals surface area contributed by atoms with Crippen LogP contribution in [0.25, 0.3) is 0 Å². The van der Waals surface area contributed by atoms with Gasteiger partial charge in [-0.15, -0.1) is 11.6 Å². The van der Waals surface area contributed by atoms with Crippen LogP contribution in [0.3, 0.4) is 0 Å². The second-order valence-electron chi connectivity index (χ2n) is 4.03. The molecule has 0 aromatic heterocycles. The Labute approximate surface area is 106 Å². The number of benzene rings is 1. The van der Waals surface area contributed by atoms with E-state index in [1.807, 2.05) is 6.92 Å². The molecule has 0 saturated heterocycles. The summed E-state index contributed by atoms with van der Waals surface area (Å²) in [6, 6.07) is 4.57. The fourth-order valence-electron chi connectivity index (χ4n) is 1.45. The zero-order chi connectivity index (χ0) is 12.8. The molecule has 0 radical (unpaired) electrons. The number of halogens is 2. The van der Waals surface area contributed by atoms with E-state index in [2.05, 4.69) is 5.32 Å². The molecular weight excluding hydrogens is 241 g/mol. The number of alkyl halides is 1. The van der Waals surface area contributed by atoms with E-state index in [-0.39, 0.29) is 16.8 Å². The van der Waals surface area contributed by atoms with Crippen LogP contribution in [0, 0.1) is 12.7 Å².